The molecular weight excluding hydrogens is 568 g/mol. The molecule has 7 heteroatoms. The fraction of sp³-hybridized carbons (Fsp3) is 0.154. The second kappa shape index (κ2) is 10.7. The first-order valence-corrected chi connectivity index (χ1v) is 15.5. The maximum atomic E-state index is 6.47. The van der Waals surface area contributed by atoms with E-state index in [4.69, 9.17) is 9.72 Å². The zero-order valence-electron chi connectivity index (χ0n) is 26.3. The van der Waals surface area contributed by atoms with E-state index in [2.05, 4.69) is 125 Å². The van der Waals surface area contributed by atoms with Crippen molar-refractivity contribution in [1.29, 1.82) is 0 Å². The largest absolute Gasteiger partial charge is 0.439 e. The molecule has 0 fully saturated rings. The zero-order chi connectivity index (χ0) is 31.4. The highest BCUT2D eigenvalue weighted by Gasteiger charge is 2.24. The van der Waals surface area contributed by atoms with Gasteiger partial charge in [-0.05, 0) is 77.2 Å². The zero-order valence-corrected chi connectivity index (χ0v) is 26.3. The molecule has 1 aliphatic rings. The van der Waals surface area contributed by atoms with E-state index in [9.17, 15) is 0 Å². The number of rotatable bonds is 5. The number of pyridine rings is 3. The second-order valence-electron chi connectivity index (χ2n) is 12.9. The van der Waals surface area contributed by atoms with Gasteiger partial charge in [-0.3, -0.25) is 9.55 Å². The Kier molecular flexibility index (Phi) is 6.49. The lowest BCUT2D eigenvalue weighted by atomic mass is 9.88. The first-order valence-electron chi connectivity index (χ1n) is 15.5. The maximum absolute atomic E-state index is 6.47. The van der Waals surface area contributed by atoms with Crippen molar-refractivity contribution in [2.75, 3.05) is 23.5 Å². The number of para-hydroxylation sites is 2. The van der Waals surface area contributed by atoms with Crippen LogP contribution in [0.5, 0.6) is 11.6 Å². The van der Waals surface area contributed by atoms with E-state index in [-0.39, 0.29) is 5.41 Å². The molecule has 1 aliphatic heterocycles. The van der Waals surface area contributed by atoms with Gasteiger partial charge in [0.15, 0.2) is 0 Å². The lowest BCUT2D eigenvalue weighted by Gasteiger charge is -2.20. The van der Waals surface area contributed by atoms with Crippen LogP contribution < -0.4 is 14.5 Å². The van der Waals surface area contributed by atoms with E-state index in [0.29, 0.717) is 11.6 Å². The molecule has 226 valence electrons. The molecule has 7 aromatic rings. The Morgan fingerprint density at radius 3 is 2.37 bits per heavy atom. The summed E-state index contributed by atoms with van der Waals surface area (Å²) in [5, 5.41) is 2.26. The Hall–Kier alpha value is -5.69. The fourth-order valence-electron chi connectivity index (χ4n) is 6.38. The molecule has 0 spiro atoms. The molecule has 0 N–H and O–H groups in total. The maximum Gasteiger partial charge on any atom is 0.221 e. The molecule has 4 aromatic heterocycles. The van der Waals surface area contributed by atoms with Gasteiger partial charge in [0, 0.05) is 66.0 Å². The number of aromatic nitrogens is 4. The fourth-order valence-corrected chi connectivity index (χ4v) is 6.38. The smallest absolute Gasteiger partial charge is 0.221 e. The van der Waals surface area contributed by atoms with Gasteiger partial charge in [-0.2, -0.15) is 0 Å². The first kappa shape index (κ1) is 27.8. The minimum atomic E-state index is -0.0143. The first-order chi connectivity index (χ1) is 22.3. The quantitative estimate of drug-likeness (QED) is 0.196. The van der Waals surface area contributed by atoms with Crippen molar-refractivity contribution in [3.63, 3.8) is 0 Å². The Bertz CT molecular complexity index is 2230. The van der Waals surface area contributed by atoms with Crippen LogP contribution in [0.4, 0.5) is 17.1 Å². The van der Waals surface area contributed by atoms with Crippen molar-refractivity contribution >= 4 is 38.9 Å². The molecular formula is C39H34N6O. The molecule has 5 heterocycles. The summed E-state index contributed by atoms with van der Waals surface area (Å²) >= 11 is 0. The Morgan fingerprint density at radius 2 is 1.54 bits per heavy atom. The van der Waals surface area contributed by atoms with Gasteiger partial charge in [0.1, 0.15) is 11.6 Å². The predicted molar refractivity (Wildman–Crippen MR) is 187 cm³/mol. The van der Waals surface area contributed by atoms with Crippen molar-refractivity contribution in [3.05, 3.63) is 127 Å². The predicted octanol–water partition coefficient (Wildman–Crippen LogP) is 9.27. The summed E-state index contributed by atoms with van der Waals surface area (Å²) in [6.07, 6.45) is 7.42. The van der Waals surface area contributed by atoms with Gasteiger partial charge in [0.05, 0.1) is 29.1 Å². The van der Waals surface area contributed by atoms with Gasteiger partial charge in [-0.25, -0.2) is 9.97 Å². The van der Waals surface area contributed by atoms with Crippen molar-refractivity contribution in [1.82, 2.24) is 19.5 Å². The highest BCUT2D eigenvalue weighted by atomic mass is 16.5. The number of hydrogen-bond acceptors (Lipinski definition) is 6. The van der Waals surface area contributed by atoms with Gasteiger partial charge < -0.3 is 14.5 Å². The number of anilines is 3. The Labute approximate surface area is 268 Å². The Morgan fingerprint density at radius 1 is 0.696 bits per heavy atom. The summed E-state index contributed by atoms with van der Waals surface area (Å²) in [4.78, 5) is 18.3. The van der Waals surface area contributed by atoms with E-state index >= 15 is 0 Å². The topological polar surface area (TPSA) is 59.3 Å². The summed E-state index contributed by atoms with van der Waals surface area (Å²) in [7, 11) is 2.11. The number of ether oxygens (including phenoxy) is 1. The minimum absolute atomic E-state index is 0.0143. The van der Waals surface area contributed by atoms with Crippen molar-refractivity contribution < 1.29 is 4.74 Å². The van der Waals surface area contributed by atoms with Crippen LogP contribution in [0.2, 0.25) is 0 Å². The summed E-state index contributed by atoms with van der Waals surface area (Å²) in [5.74, 6) is 2.12. The van der Waals surface area contributed by atoms with Gasteiger partial charge in [-0.1, -0.05) is 45.0 Å². The average molecular weight is 603 g/mol. The van der Waals surface area contributed by atoms with Crippen molar-refractivity contribution in [3.8, 4) is 28.6 Å². The minimum Gasteiger partial charge on any atom is -0.439 e. The summed E-state index contributed by atoms with van der Waals surface area (Å²) < 4.78 is 8.70. The molecule has 3 aromatic carbocycles. The van der Waals surface area contributed by atoms with E-state index in [1.54, 1.807) is 6.20 Å². The molecule has 7 nitrogen and oxygen atoms in total. The Balaban J connectivity index is 1.24. The van der Waals surface area contributed by atoms with Crippen LogP contribution in [0.25, 0.3) is 38.8 Å². The van der Waals surface area contributed by atoms with E-state index in [1.165, 1.54) is 16.9 Å². The van der Waals surface area contributed by atoms with Crippen molar-refractivity contribution in [2.24, 2.45) is 0 Å². The highest BCUT2D eigenvalue weighted by Crippen LogP contribution is 2.41. The standard InChI is InChI=1S/C39H34N6O/c1-39(2,3)28-15-18-41-37(21-28)45-33-14-11-26(27-8-7-17-40-24-27)20-32(33)31-13-12-30(23-36(31)45)46-38-22-29(16-19-42-38)44-25-43(4)34-9-5-6-10-35(34)44/h5-24H,25H2,1-4H3. The number of benzene rings is 3. The summed E-state index contributed by atoms with van der Waals surface area (Å²) in [6.45, 7) is 7.44. The molecule has 46 heavy (non-hydrogen) atoms. The normalized spacial score (nSPS) is 13.0. The monoisotopic (exact) mass is 602 g/mol. The third kappa shape index (κ3) is 4.81. The van der Waals surface area contributed by atoms with Crippen LogP contribution >= 0.6 is 0 Å². The van der Waals surface area contributed by atoms with Crippen LogP contribution in [0.1, 0.15) is 26.3 Å². The molecule has 8 rings (SSSR count). The van der Waals surface area contributed by atoms with E-state index < -0.39 is 0 Å². The summed E-state index contributed by atoms with van der Waals surface area (Å²) in [5.41, 5.74) is 8.91. The number of hydrogen-bond donors (Lipinski definition) is 0. The van der Waals surface area contributed by atoms with Crippen LogP contribution in [0.3, 0.4) is 0 Å². The SMILES string of the molecule is CN1CN(c2ccnc(Oc3ccc4c5cc(-c6cccnc6)ccc5n(-c5cc(C(C)(C)C)ccn5)c4c3)c2)c2ccccc21. The molecule has 0 atom stereocenters. The van der Waals surface area contributed by atoms with Gasteiger partial charge >= 0.3 is 0 Å². The molecule has 0 unspecified atom stereocenters. The molecule has 0 bridgehead atoms. The molecule has 0 saturated heterocycles. The van der Waals surface area contributed by atoms with E-state index in [1.807, 2.05) is 42.9 Å². The second-order valence-corrected chi connectivity index (χ2v) is 12.9. The third-order valence-corrected chi connectivity index (χ3v) is 8.76. The lowest BCUT2D eigenvalue weighted by Crippen LogP contribution is -2.23. The van der Waals surface area contributed by atoms with Gasteiger partial charge in [0.2, 0.25) is 5.88 Å². The molecule has 0 radical (unpaired) electrons. The number of fused-ring (bicyclic) bond motifs is 4. The highest BCUT2D eigenvalue weighted by molar-refractivity contribution is 6.10. The van der Waals surface area contributed by atoms with Crippen LogP contribution in [0, 0.1) is 0 Å². The summed E-state index contributed by atoms with van der Waals surface area (Å²) in [6, 6.07) is 33.7. The van der Waals surface area contributed by atoms with Crippen LogP contribution in [0.15, 0.2) is 122 Å². The molecule has 0 amide bonds. The van der Waals surface area contributed by atoms with Crippen LogP contribution in [-0.4, -0.2) is 33.2 Å². The van der Waals surface area contributed by atoms with Crippen LogP contribution in [-0.2, 0) is 5.41 Å². The molecule has 0 saturated carbocycles. The van der Waals surface area contributed by atoms with E-state index in [0.717, 1.165) is 51.1 Å². The lowest BCUT2D eigenvalue weighted by molar-refractivity contribution is 0.463. The molecule has 0 aliphatic carbocycles. The van der Waals surface area contributed by atoms with Gasteiger partial charge in [-0.15, -0.1) is 0 Å². The van der Waals surface area contributed by atoms with Gasteiger partial charge in [0.25, 0.3) is 0 Å². The number of nitrogens with zero attached hydrogens (tertiary/aromatic N) is 6. The third-order valence-electron chi connectivity index (χ3n) is 8.76. The average Bonchev–Trinajstić information content (AvgIpc) is 3.59. The van der Waals surface area contributed by atoms with Crippen molar-refractivity contribution in [2.45, 2.75) is 26.2 Å².